The third-order valence-electron chi connectivity index (χ3n) is 3.52. The van der Waals surface area contributed by atoms with E-state index in [9.17, 15) is 13.2 Å². The summed E-state index contributed by atoms with van der Waals surface area (Å²) >= 11 is 0. The third kappa shape index (κ3) is 2.72. The van der Waals surface area contributed by atoms with Gasteiger partial charge in [-0.1, -0.05) is 6.07 Å². The number of nitrogens with zero attached hydrogens (tertiary/aromatic N) is 1. The molecule has 0 radical (unpaired) electrons. The van der Waals surface area contributed by atoms with Gasteiger partial charge < -0.3 is 10.1 Å². The van der Waals surface area contributed by atoms with E-state index in [0.717, 1.165) is 11.4 Å². The summed E-state index contributed by atoms with van der Waals surface area (Å²) in [5.41, 5.74) is 1.59. The molecule has 0 spiro atoms. The number of hydrogen-bond acceptors (Lipinski definition) is 5. The number of nitrogens with one attached hydrogen (secondary N) is 1. The number of amides is 1. The van der Waals surface area contributed by atoms with Crippen molar-refractivity contribution < 1.29 is 17.9 Å². The Morgan fingerprint density at radius 2 is 2.20 bits per heavy atom. The van der Waals surface area contributed by atoms with Gasteiger partial charge >= 0.3 is 6.09 Å². The molecule has 6 nitrogen and oxygen atoms in total. The van der Waals surface area contributed by atoms with Crippen molar-refractivity contribution in [1.82, 2.24) is 0 Å². The fourth-order valence-electron chi connectivity index (χ4n) is 2.54. The molecule has 20 heavy (non-hydrogen) atoms. The number of cyclic esters (lactones) is 1. The van der Waals surface area contributed by atoms with Gasteiger partial charge in [-0.05, 0) is 24.6 Å². The fourth-order valence-corrected chi connectivity index (χ4v) is 4.21. The summed E-state index contributed by atoms with van der Waals surface area (Å²) in [6.45, 7) is 0.942. The van der Waals surface area contributed by atoms with E-state index in [1.807, 2.05) is 24.3 Å². The van der Waals surface area contributed by atoms with E-state index in [-0.39, 0.29) is 23.6 Å². The number of anilines is 2. The van der Waals surface area contributed by atoms with Crippen molar-refractivity contribution in [2.45, 2.75) is 12.5 Å². The van der Waals surface area contributed by atoms with Crippen LogP contribution in [0.3, 0.4) is 0 Å². The molecule has 2 aliphatic rings. The van der Waals surface area contributed by atoms with Gasteiger partial charge in [-0.25, -0.2) is 13.2 Å². The van der Waals surface area contributed by atoms with E-state index >= 15 is 0 Å². The van der Waals surface area contributed by atoms with E-state index < -0.39 is 9.84 Å². The van der Waals surface area contributed by atoms with E-state index in [4.69, 9.17) is 4.74 Å². The zero-order valence-corrected chi connectivity index (χ0v) is 11.7. The lowest BCUT2D eigenvalue weighted by Gasteiger charge is -2.16. The molecule has 0 aromatic heterocycles. The maximum Gasteiger partial charge on any atom is 0.414 e. The summed E-state index contributed by atoms with van der Waals surface area (Å²) in [5.74, 6) is 0.409. The summed E-state index contributed by atoms with van der Waals surface area (Å²) in [7, 11) is -2.90. The van der Waals surface area contributed by atoms with Crippen molar-refractivity contribution >= 4 is 27.3 Å². The van der Waals surface area contributed by atoms with Crippen LogP contribution in [0.2, 0.25) is 0 Å². The molecule has 2 heterocycles. The van der Waals surface area contributed by atoms with Crippen molar-refractivity contribution in [3.8, 4) is 0 Å². The van der Waals surface area contributed by atoms with Crippen LogP contribution in [0.5, 0.6) is 0 Å². The standard InChI is InChI=1S/C13H16N2O4S/c16-13-15(5-6-19-13)12-3-1-2-10(8-12)14-11-4-7-20(17,18)9-11/h1-3,8,11,14H,4-7,9H2. The minimum Gasteiger partial charge on any atom is -0.447 e. The molecule has 0 aliphatic carbocycles. The van der Waals surface area contributed by atoms with Crippen LogP contribution >= 0.6 is 0 Å². The summed E-state index contributed by atoms with van der Waals surface area (Å²) in [4.78, 5) is 13.1. The Bertz CT molecular complexity index is 629. The Hall–Kier alpha value is -1.76. The number of ether oxygens (including phenoxy) is 1. The first-order valence-electron chi connectivity index (χ1n) is 6.55. The highest BCUT2D eigenvalue weighted by Crippen LogP contribution is 2.24. The number of hydrogen-bond donors (Lipinski definition) is 1. The van der Waals surface area contributed by atoms with Crippen LogP contribution in [-0.2, 0) is 14.6 Å². The summed E-state index contributed by atoms with van der Waals surface area (Å²) < 4.78 is 27.8. The molecule has 2 aliphatic heterocycles. The van der Waals surface area contributed by atoms with Gasteiger partial charge in [0.25, 0.3) is 0 Å². The van der Waals surface area contributed by atoms with Crippen LogP contribution in [0.25, 0.3) is 0 Å². The molecule has 1 aromatic carbocycles. The number of benzene rings is 1. The Labute approximate surface area is 117 Å². The van der Waals surface area contributed by atoms with Crippen LogP contribution < -0.4 is 10.2 Å². The molecule has 0 bridgehead atoms. The Morgan fingerprint density at radius 1 is 1.35 bits per heavy atom. The predicted octanol–water partition coefficient (Wildman–Crippen LogP) is 1.24. The minimum absolute atomic E-state index is 0.0548. The molecule has 108 valence electrons. The van der Waals surface area contributed by atoms with Crippen LogP contribution in [-0.4, -0.2) is 45.2 Å². The van der Waals surface area contributed by atoms with E-state index in [2.05, 4.69) is 5.32 Å². The molecule has 1 aromatic rings. The number of carbonyl (C=O) groups excluding carboxylic acids is 1. The topological polar surface area (TPSA) is 75.7 Å². The summed E-state index contributed by atoms with van der Waals surface area (Å²) in [6, 6.07) is 7.34. The normalized spacial score (nSPS) is 24.7. The van der Waals surface area contributed by atoms with Gasteiger partial charge in [-0.2, -0.15) is 0 Å². The molecule has 3 rings (SSSR count). The maximum absolute atomic E-state index is 11.5. The highest BCUT2D eigenvalue weighted by atomic mass is 32.2. The highest BCUT2D eigenvalue weighted by Gasteiger charge is 2.28. The zero-order chi connectivity index (χ0) is 14.2. The van der Waals surface area contributed by atoms with Crippen LogP contribution in [0.4, 0.5) is 16.2 Å². The Morgan fingerprint density at radius 3 is 2.85 bits per heavy atom. The predicted molar refractivity (Wildman–Crippen MR) is 75.8 cm³/mol. The lowest BCUT2D eigenvalue weighted by atomic mass is 10.2. The highest BCUT2D eigenvalue weighted by molar-refractivity contribution is 7.91. The van der Waals surface area contributed by atoms with E-state index in [1.54, 1.807) is 4.90 Å². The second-order valence-corrected chi connectivity index (χ2v) is 7.29. The van der Waals surface area contributed by atoms with Crippen molar-refractivity contribution in [2.75, 3.05) is 34.9 Å². The summed E-state index contributed by atoms with van der Waals surface area (Å²) in [6.07, 6.45) is 0.281. The largest absolute Gasteiger partial charge is 0.447 e. The zero-order valence-electron chi connectivity index (χ0n) is 10.9. The average Bonchev–Trinajstić information content (AvgIpc) is 2.96. The van der Waals surface area contributed by atoms with Crippen LogP contribution in [0, 0.1) is 0 Å². The van der Waals surface area contributed by atoms with E-state index in [0.29, 0.717) is 19.6 Å². The first-order valence-corrected chi connectivity index (χ1v) is 8.37. The molecular formula is C13H16N2O4S. The number of carbonyl (C=O) groups is 1. The molecule has 2 fully saturated rings. The molecule has 1 unspecified atom stereocenters. The number of rotatable bonds is 3. The third-order valence-corrected chi connectivity index (χ3v) is 5.29. The first kappa shape index (κ1) is 13.2. The van der Waals surface area contributed by atoms with Crippen molar-refractivity contribution in [3.05, 3.63) is 24.3 Å². The lowest BCUT2D eigenvalue weighted by molar-refractivity contribution is 0.181. The van der Waals surface area contributed by atoms with Gasteiger partial charge in [0.1, 0.15) is 6.61 Å². The van der Waals surface area contributed by atoms with Gasteiger partial charge in [0.05, 0.1) is 18.1 Å². The molecule has 1 N–H and O–H groups in total. The van der Waals surface area contributed by atoms with Crippen molar-refractivity contribution in [2.24, 2.45) is 0 Å². The molecule has 7 heteroatoms. The molecule has 0 saturated carbocycles. The van der Waals surface area contributed by atoms with Gasteiger partial charge in [0.15, 0.2) is 9.84 Å². The molecule has 1 atom stereocenters. The molecular weight excluding hydrogens is 280 g/mol. The second-order valence-electron chi connectivity index (χ2n) is 5.06. The quantitative estimate of drug-likeness (QED) is 0.908. The van der Waals surface area contributed by atoms with Crippen LogP contribution in [0.1, 0.15) is 6.42 Å². The minimum atomic E-state index is -2.90. The lowest BCUT2D eigenvalue weighted by Crippen LogP contribution is -2.24. The molecule has 2 saturated heterocycles. The van der Waals surface area contributed by atoms with Crippen molar-refractivity contribution in [3.63, 3.8) is 0 Å². The van der Waals surface area contributed by atoms with E-state index in [1.165, 1.54) is 0 Å². The van der Waals surface area contributed by atoms with Gasteiger partial charge in [0.2, 0.25) is 0 Å². The fraction of sp³-hybridized carbons (Fsp3) is 0.462. The van der Waals surface area contributed by atoms with Crippen molar-refractivity contribution in [1.29, 1.82) is 0 Å². The SMILES string of the molecule is O=C1OCCN1c1cccc(NC2CCS(=O)(=O)C2)c1. The first-order chi connectivity index (χ1) is 9.53. The Balaban J connectivity index is 1.73. The maximum atomic E-state index is 11.5. The van der Waals surface area contributed by atoms with Gasteiger partial charge in [-0.15, -0.1) is 0 Å². The van der Waals surface area contributed by atoms with Gasteiger partial charge in [0, 0.05) is 17.4 Å². The number of sulfone groups is 1. The summed E-state index contributed by atoms with van der Waals surface area (Å²) in [5, 5.41) is 3.22. The molecule has 1 amide bonds. The Kier molecular flexibility index (Phi) is 3.29. The van der Waals surface area contributed by atoms with Gasteiger partial charge in [-0.3, -0.25) is 4.90 Å². The monoisotopic (exact) mass is 296 g/mol. The second kappa shape index (κ2) is 4.97. The van der Waals surface area contributed by atoms with Crippen LogP contribution in [0.15, 0.2) is 24.3 Å². The average molecular weight is 296 g/mol. The smallest absolute Gasteiger partial charge is 0.414 e.